The van der Waals surface area contributed by atoms with Gasteiger partial charge in [0.05, 0.1) is 11.9 Å². The number of nitrogens with zero attached hydrogens (tertiary/aromatic N) is 2. The molecule has 1 heterocycles. The summed E-state index contributed by atoms with van der Waals surface area (Å²) in [6.07, 6.45) is 2.40. The van der Waals surface area contributed by atoms with Gasteiger partial charge in [-0.05, 0) is 12.1 Å². The highest BCUT2D eigenvalue weighted by Gasteiger charge is 2.22. The summed E-state index contributed by atoms with van der Waals surface area (Å²) in [5, 5.41) is 6.16. The average molecular weight is 330 g/mol. The van der Waals surface area contributed by atoms with Crippen molar-refractivity contribution in [3.63, 3.8) is 0 Å². The second-order valence-electron chi connectivity index (χ2n) is 4.26. The first-order valence-corrected chi connectivity index (χ1v) is 7.51. The van der Waals surface area contributed by atoms with Crippen molar-refractivity contribution < 1.29 is 22.0 Å². The summed E-state index contributed by atoms with van der Waals surface area (Å²) in [6, 6.07) is 2.84. The first-order valence-electron chi connectivity index (χ1n) is 6.03. The second kappa shape index (κ2) is 6.10. The van der Waals surface area contributed by atoms with Crippen molar-refractivity contribution in [2.45, 2.75) is 11.4 Å². The van der Waals surface area contributed by atoms with E-state index in [1.54, 1.807) is 0 Å². The van der Waals surface area contributed by atoms with Gasteiger partial charge in [0.15, 0.2) is 11.6 Å². The van der Waals surface area contributed by atoms with E-state index in [0.29, 0.717) is 0 Å². The molecule has 10 heteroatoms. The van der Waals surface area contributed by atoms with E-state index in [1.807, 2.05) is 0 Å². The highest BCUT2D eigenvalue weighted by molar-refractivity contribution is 7.92. The fourth-order valence-electron chi connectivity index (χ4n) is 1.63. The van der Waals surface area contributed by atoms with Gasteiger partial charge >= 0.3 is 0 Å². The summed E-state index contributed by atoms with van der Waals surface area (Å²) in [5.74, 6) is -3.06. The van der Waals surface area contributed by atoms with E-state index in [2.05, 4.69) is 15.1 Å². The third kappa shape index (κ3) is 3.39. The first kappa shape index (κ1) is 15.9. The van der Waals surface area contributed by atoms with Gasteiger partial charge in [-0.25, -0.2) is 17.2 Å². The molecule has 0 unspecified atom stereocenters. The van der Waals surface area contributed by atoms with Gasteiger partial charge in [0.1, 0.15) is 11.4 Å². The van der Waals surface area contributed by atoms with Crippen LogP contribution in [0.3, 0.4) is 0 Å². The summed E-state index contributed by atoms with van der Waals surface area (Å²) in [4.78, 5) is 10.4. The van der Waals surface area contributed by atoms with Crippen LogP contribution in [0.4, 0.5) is 14.5 Å². The lowest BCUT2D eigenvalue weighted by molar-refractivity contribution is -0.121. The van der Waals surface area contributed by atoms with E-state index in [0.717, 1.165) is 24.4 Å². The predicted octanol–water partition coefficient (Wildman–Crippen LogP) is 0.708. The van der Waals surface area contributed by atoms with E-state index < -0.39 is 26.6 Å². The Morgan fingerprint density at radius 2 is 2.09 bits per heavy atom. The van der Waals surface area contributed by atoms with Crippen LogP contribution in [-0.4, -0.2) is 31.2 Å². The Kier molecular flexibility index (Phi) is 4.40. The second-order valence-corrected chi connectivity index (χ2v) is 5.91. The molecule has 2 N–H and O–H groups in total. The fourth-order valence-corrected chi connectivity index (χ4v) is 2.75. The van der Waals surface area contributed by atoms with Gasteiger partial charge in [-0.2, -0.15) is 5.10 Å². The molecule has 1 aromatic carbocycles. The smallest absolute Gasteiger partial charge is 0.265 e. The fraction of sp³-hybridized carbons (Fsp3) is 0.167. The minimum absolute atomic E-state index is 0.0209. The largest absolute Gasteiger partial charge is 0.358 e. The molecule has 0 aliphatic carbocycles. The van der Waals surface area contributed by atoms with Crippen molar-refractivity contribution in [1.82, 2.24) is 15.1 Å². The van der Waals surface area contributed by atoms with Gasteiger partial charge in [0, 0.05) is 13.2 Å². The molecule has 0 bridgehead atoms. The van der Waals surface area contributed by atoms with E-state index in [1.165, 1.54) is 17.9 Å². The Hall–Kier alpha value is -2.49. The quantitative estimate of drug-likeness (QED) is 0.844. The van der Waals surface area contributed by atoms with Gasteiger partial charge in [-0.15, -0.1) is 0 Å². The number of anilines is 1. The van der Waals surface area contributed by atoms with Crippen LogP contribution in [0.25, 0.3) is 0 Å². The van der Waals surface area contributed by atoms with E-state index in [9.17, 15) is 22.0 Å². The Morgan fingerprint density at radius 1 is 1.36 bits per heavy atom. The molecule has 118 valence electrons. The number of aromatic nitrogens is 2. The zero-order valence-electron chi connectivity index (χ0n) is 11.4. The van der Waals surface area contributed by atoms with Crippen molar-refractivity contribution in [3.8, 4) is 0 Å². The van der Waals surface area contributed by atoms with Crippen molar-refractivity contribution >= 4 is 21.6 Å². The van der Waals surface area contributed by atoms with Crippen LogP contribution in [0.1, 0.15) is 0 Å². The molecule has 0 radical (unpaired) electrons. The Labute approximate surface area is 125 Å². The van der Waals surface area contributed by atoms with Crippen LogP contribution in [0.15, 0.2) is 35.5 Å². The highest BCUT2D eigenvalue weighted by atomic mass is 32.2. The maximum Gasteiger partial charge on any atom is 0.265 e. The molecule has 0 atom stereocenters. The molecule has 22 heavy (non-hydrogen) atoms. The highest BCUT2D eigenvalue weighted by Crippen LogP contribution is 2.20. The molecule has 1 aromatic heterocycles. The van der Waals surface area contributed by atoms with Crippen molar-refractivity contribution in [3.05, 3.63) is 42.2 Å². The van der Waals surface area contributed by atoms with Crippen LogP contribution in [0.2, 0.25) is 0 Å². The van der Waals surface area contributed by atoms with Crippen LogP contribution >= 0.6 is 0 Å². The lowest BCUT2D eigenvalue weighted by Gasteiger charge is -2.07. The molecule has 0 fully saturated rings. The number of benzene rings is 1. The molecule has 7 nitrogen and oxygen atoms in total. The van der Waals surface area contributed by atoms with Gasteiger partial charge in [0.2, 0.25) is 5.91 Å². The minimum Gasteiger partial charge on any atom is -0.358 e. The van der Waals surface area contributed by atoms with Crippen molar-refractivity contribution in [2.24, 2.45) is 0 Å². The molecule has 2 rings (SSSR count). The lowest BCUT2D eigenvalue weighted by atomic mass is 10.3. The predicted molar refractivity (Wildman–Crippen MR) is 73.5 cm³/mol. The number of sulfonamides is 1. The molecular weight excluding hydrogens is 318 g/mol. The summed E-state index contributed by atoms with van der Waals surface area (Å²) >= 11 is 0. The van der Waals surface area contributed by atoms with Crippen molar-refractivity contribution in [1.29, 1.82) is 0 Å². The topological polar surface area (TPSA) is 93.1 Å². The van der Waals surface area contributed by atoms with Crippen LogP contribution in [0, 0.1) is 11.6 Å². The molecule has 0 saturated carbocycles. The number of rotatable bonds is 5. The number of amides is 1. The summed E-state index contributed by atoms with van der Waals surface area (Å²) in [7, 11) is -2.86. The van der Waals surface area contributed by atoms with Gasteiger partial charge in [-0.3, -0.25) is 14.2 Å². The zero-order valence-corrected chi connectivity index (χ0v) is 12.2. The Bertz CT molecular complexity index is 804. The van der Waals surface area contributed by atoms with E-state index >= 15 is 0 Å². The minimum atomic E-state index is -4.31. The maximum atomic E-state index is 13.6. The molecule has 0 aliphatic rings. The van der Waals surface area contributed by atoms with Gasteiger partial charge in [-0.1, -0.05) is 6.07 Å². The zero-order chi connectivity index (χ0) is 16.3. The SMILES string of the molecule is CNC(=O)Cn1cc(NS(=O)(=O)c2cccc(F)c2F)cn1. The summed E-state index contributed by atoms with van der Waals surface area (Å²) in [6.45, 7) is -0.105. The molecule has 1 amide bonds. The number of nitrogens with one attached hydrogen (secondary N) is 2. The van der Waals surface area contributed by atoms with Crippen LogP contribution in [-0.2, 0) is 21.4 Å². The molecular formula is C12H12F2N4O3S. The third-order valence-electron chi connectivity index (χ3n) is 2.68. The maximum absolute atomic E-state index is 13.6. The normalized spacial score (nSPS) is 11.2. The monoisotopic (exact) mass is 330 g/mol. The van der Waals surface area contributed by atoms with Crippen LogP contribution < -0.4 is 10.0 Å². The number of hydrogen-bond donors (Lipinski definition) is 2. The number of carbonyl (C=O) groups excluding carboxylic acids is 1. The number of carbonyl (C=O) groups is 1. The van der Waals surface area contributed by atoms with E-state index in [-0.39, 0.29) is 18.1 Å². The van der Waals surface area contributed by atoms with Gasteiger partial charge < -0.3 is 5.32 Å². The third-order valence-corrected chi connectivity index (χ3v) is 4.07. The lowest BCUT2D eigenvalue weighted by Crippen LogP contribution is -2.23. The number of halogens is 2. The van der Waals surface area contributed by atoms with Gasteiger partial charge in [0.25, 0.3) is 10.0 Å². The Morgan fingerprint density at radius 3 is 2.77 bits per heavy atom. The first-order chi connectivity index (χ1) is 10.3. The number of likely N-dealkylation sites (N-methyl/N-ethyl adjacent to an activating group) is 1. The molecule has 2 aromatic rings. The van der Waals surface area contributed by atoms with Crippen LogP contribution in [0.5, 0.6) is 0 Å². The average Bonchev–Trinajstić information content (AvgIpc) is 2.87. The number of hydrogen-bond acceptors (Lipinski definition) is 4. The molecule has 0 saturated heterocycles. The summed E-state index contributed by atoms with van der Waals surface area (Å²) < 4.78 is 54.0. The van der Waals surface area contributed by atoms with E-state index in [4.69, 9.17) is 0 Å². The van der Waals surface area contributed by atoms with Crippen molar-refractivity contribution in [2.75, 3.05) is 11.8 Å². The Balaban J connectivity index is 2.22. The molecule has 0 aliphatic heterocycles. The summed E-state index contributed by atoms with van der Waals surface area (Å²) in [5.41, 5.74) is 0.0209. The standard InChI is InChI=1S/C12H12F2N4O3S/c1-15-11(19)7-18-6-8(5-16-18)17-22(20,21)10-4-2-3-9(13)12(10)14/h2-6,17H,7H2,1H3,(H,15,19). The molecule has 0 spiro atoms.